The number of hydrogen-bond acceptors (Lipinski definition) is 2. The number of amides is 1. The number of hydrogen-bond donors (Lipinski definition) is 1. The summed E-state index contributed by atoms with van der Waals surface area (Å²) in [6.07, 6.45) is 1.08. The Balaban J connectivity index is 1.88. The third kappa shape index (κ3) is 4.38. The quantitative estimate of drug-likeness (QED) is 0.925. The number of pyridine rings is 1. The molecule has 1 heterocycles. The number of aromatic nitrogens is 1. The van der Waals surface area contributed by atoms with Crippen LogP contribution in [0.4, 0.5) is 5.82 Å². The van der Waals surface area contributed by atoms with E-state index in [9.17, 15) is 4.79 Å². The highest BCUT2D eigenvalue weighted by molar-refractivity contribution is 6.30. The van der Waals surface area contributed by atoms with Gasteiger partial charge in [-0.2, -0.15) is 0 Å². The van der Waals surface area contributed by atoms with Crippen molar-refractivity contribution < 1.29 is 4.79 Å². The van der Waals surface area contributed by atoms with Gasteiger partial charge in [0.15, 0.2) is 0 Å². The maximum absolute atomic E-state index is 11.8. The molecule has 0 aliphatic rings. The van der Waals surface area contributed by atoms with E-state index in [0.717, 1.165) is 11.3 Å². The highest BCUT2D eigenvalue weighted by Gasteiger charge is 2.04. The van der Waals surface area contributed by atoms with Crippen LogP contribution in [0.1, 0.15) is 17.7 Å². The Kier molecular flexibility index (Phi) is 4.53. The lowest BCUT2D eigenvalue weighted by Crippen LogP contribution is -2.13. The van der Waals surface area contributed by atoms with Crippen molar-refractivity contribution in [3.05, 3.63) is 58.7 Å². The van der Waals surface area contributed by atoms with Gasteiger partial charge in [0.1, 0.15) is 5.82 Å². The summed E-state index contributed by atoms with van der Waals surface area (Å²) in [5.41, 5.74) is 1.94. The van der Waals surface area contributed by atoms with Crippen LogP contribution in [0.5, 0.6) is 0 Å². The van der Waals surface area contributed by atoms with Crippen LogP contribution in [0.25, 0.3) is 0 Å². The third-order valence-corrected chi connectivity index (χ3v) is 2.92. The molecule has 0 unspecified atom stereocenters. The lowest BCUT2D eigenvalue weighted by molar-refractivity contribution is -0.116. The molecule has 0 saturated carbocycles. The molecule has 0 atom stereocenters. The highest BCUT2D eigenvalue weighted by Crippen LogP contribution is 2.12. The molecule has 2 rings (SSSR count). The van der Waals surface area contributed by atoms with E-state index in [0.29, 0.717) is 23.7 Å². The summed E-state index contributed by atoms with van der Waals surface area (Å²) >= 11 is 5.90. The molecule has 0 fully saturated rings. The van der Waals surface area contributed by atoms with Crippen LogP contribution in [0.3, 0.4) is 0 Å². The Morgan fingerprint density at radius 2 is 2.05 bits per heavy atom. The second-order valence-corrected chi connectivity index (χ2v) is 4.78. The van der Waals surface area contributed by atoms with Crippen LogP contribution in [0, 0.1) is 6.92 Å². The van der Waals surface area contributed by atoms with Gasteiger partial charge in [-0.15, -0.1) is 0 Å². The number of anilines is 1. The number of nitrogens with one attached hydrogen (secondary N) is 1. The summed E-state index contributed by atoms with van der Waals surface area (Å²) in [5.74, 6) is 0.550. The van der Waals surface area contributed by atoms with E-state index >= 15 is 0 Å². The molecule has 0 bridgehead atoms. The molecule has 1 aromatic carbocycles. The number of halogens is 1. The van der Waals surface area contributed by atoms with Crippen molar-refractivity contribution in [3.63, 3.8) is 0 Å². The van der Waals surface area contributed by atoms with Gasteiger partial charge in [-0.1, -0.05) is 29.8 Å². The lowest BCUT2D eigenvalue weighted by Gasteiger charge is -2.05. The Labute approximate surface area is 117 Å². The normalized spacial score (nSPS) is 10.2. The fourth-order valence-electron chi connectivity index (χ4n) is 1.77. The van der Waals surface area contributed by atoms with Crippen LogP contribution in [-0.4, -0.2) is 10.9 Å². The topological polar surface area (TPSA) is 42.0 Å². The Hall–Kier alpha value is -1.87. The van der Waals surface area contributed by atoms with Crippen molar-refractivity contribution in [3.8, 4) is 0 Å². The predicted molar refractivity (Wildman–Crippen MR) is 77.4 cm³/mol. The van der Waals surface area contributed by atoms with Gasteiger partial charge >= 0.3 is 0 Å². The standard InChI is InChI=1S/C15H15ClN2O/c1-11-4-2-7-14(17-11)18-15(19)9-8-12-5-3-6-13(16)10-12/h2-7,10H,8-9H2,1H3,(H,17,18,19). The first-order valence-corrected chi connectivity index (χ1v) is 6.49. The summed E-state index contributed by atoms with van der Waals surface area (Å²) in [6, 6.07) is 13.1. The van der Waals surface area contributed by atoms with Crippen LogP contribution in [0.2, 0.25) is 5.02 Å². The van der Waals surface area contributed by atoms with Crippen LogP contribution < -0.4 is 5.32 Å². The monoisotopic (exact) mass is 274 g/mol. The molecule has 19 heavy (non-hydrogen) atoms. The molecule has 98 valence electrons. The first-order valence-electron chi connectivity index (χ1n) is 6.11. The molecule has 3 nitrogen and oxygen atoms in total. The maximum Gasteiger partial charge on any atom is 0.225 e. The average Bonchev–Trinajstić information content (AvgIpc) is 2.36. The number of carbonyl (C=O) groups is 1. The number of carbonyl (C=O) groups excluding carboxylic acids is 1. The van der Waals surface area contributed by atoms with Gasteiger partial charge in [-0.3, -0.25) is 4.79 Å². The van der Waals surface area contributed by atoms with Crippen molar-refractivity contribution in [2.45, 2.75) is 19.8 Å². The zero-order valence-electron chi connectivity index (χ0n) is 10.7. The van der Waals surface area contributed by atoms with Gasteiger partial charge in [-0.05, 0) is 43.2 Å². The molecule has 1 aromatic heterocycles. The highest BCUT2D eigenvalue weighted by atomic mass is 35.5. The zero-order chi connectivity index (χ0) is 13.7. The average molecular weight is 275 g/mol. The van der Waals surface area contributed by atoms with Gasteiger partial charge in [0.25, 0.3) is 0 Å². The molecule has 0 radical (unpaired) electrons. The van der Waals surface area contributed by atoms with Crippen LogP contribution in [0.15, 0.2) is 42.5 Å². The van der Waals surface area contributed by atoms with E-state index in [4.69, 9.17) is 11.6 Å². The van der Waals surface area contributed by atoms with Crippen molar-refractivity contribution in [2.75, 3.05) is 5.32 Å². The number of benzene rings is 1. The zero-order valence-corrected chi connectivity index (χ0v) is 11.4. The van der Waals surface area contributed by atoms with Gasteiger partial charge in [0, 0.05) is 17.1 Å². The third-order valence-electron chi connectivity index (χ3n) is 2.69. The van der Waals surface area contributed by atoms with Crippen molar-refractivity contribution >= 4 is 23.3 Å². The maximum atomic E-state index is 11.8. The van der Waals surface area contributed by atoms with Gasteiger partial charge in [0.05, 0.1) is 0 Å². The SMILES string of the molecule is Cc1cccc(NC(=O)CCc2cccc(Cl)c2)n1. The Morgan fingerprint density at radius 1 is 1.26 bits per heavy atom. The molecule has 0 spiro atoms. The minimum Gasteiger partial charge on any atom is -0.311 e. The van der Waals surface area contributed by atoms with E-state index in [1.807, 2.05) is 43.3 Å². The van der Waals surface area contributed by atoms with Crippen LogP contribution >= 0.6 is 11.6 Å². The molecule has 1 N–H and O–H groups in total. The van der Waals surface area contributed by atoms with E-state index in [1.165, 1.54) is 0 Å². The van der Waals surface area contributed by atoms with Gasteiger partial charge in [0.2, 0.25) is 5.91 Å². The van der Waals surface area contributed by atoms with E-state index in [-0.39, 0.29) is 5.91 Å². The Bertz CT molecular complexity index is 584. The van der Waals surface area contributed by atoms with Gasteiger partial charge in [-0.25, -0.2) is 4.98 Å². The molecular weight excluding hydrogens is 260 g/mol. The van der Waals surface area contributed by atoms with Gasteiger partial charge < -0.3 is 5.32 Å². The number of nitrogens with zero attached hydrogens (tertiary/aromatic N) is 1. The minimum absolute atomic E-state index is 0.0434. The number of rotatable bonds is 4. The van der Waals surface area contributed by atoms with E-state index < -0.39 is 0 Å². The predicted octanol–water partition coefficient (Wildman–Crippen LogP) is 3.61. The van der Waals surface area contributed by atoms with Crippen molar-refractivity contribution in [2.24, 2.45) is 0 Å². The summed E-state index contributed by atoms with van der Waals surface area (Å²) in [6.45, 7) is 1.89. The lowest BCUT2D eigenvalue weighted by atomic mass is 10.1. The van der Waals surface area contributed by atoms with Crippen molar-refractivity contribution in [1.29, 1.82) is 0 Å². The first kappa shape index (κ1) is 13.6. The molecule has 0 saturated heterocycles. The molecule has 0 aliphatic heterocycles. The molecule has 0 aliphatic carbocycles. The Morgan fingerprint density at radius 3 is 2.79 bits per heavy atom. The minimum atomic E-state index is -0.0434. The molecular formula is C15H15ClN2O. The first-order chi connectivity index (χ1) is 9.13. The molecule has 2 aromatic rings. The fraction of sp³-hybridized carbons (Fsp3) is 0.200. The smallest absolute Gasteiger partial charge is 0.225 e. The summed E-state index contributed by atoms with van der Waals surface area (Å²) < 4.78 is 0. The molecule has 4 heteroatoms. The second kappa shape index (κ2) is 6.34. The van der Waals surface area contributed by atoms with E-state index in [2.05, 4.69) is 10.3 Å². The van der Waals surface area contributed by atoms with Crippen LogP contribution in [-0.2, 0) is 11.2 Å². The second-order valence-electron chi connectivity index (χ2n) is 4.34. The largest absolute Gasteiger partial charge is 0.311 e. The van der Waals surface area contributed by atoms with E-state index in [1.54, 1.807) is 6.07 Å². The summed E-state index contributed by atoms with van der Waals surface area (Å²) in [4.78, 5) is 16.0. The summed E-state index contributed by atoms with van der Waals surface area (Å²) in [5, 5.41) is 3.48. The molecule has 1 amide bonds. The number of aryl methyl sites for hydroxylation is 2. The fourth-order valence-corrected chi connectivity index (χ4v) is 1.98. The summed E-state index contributed by atoms with van der Waals surface area (Å²) in [7, 11) is 0. The van der Waals surface area contributed by atoms with Crippen molar-refractivity contribution in [1.82, 2.24) is 4.98 Å².